The van der Waals surface area contributed by atoms with Gasteiger partial charge in [-0.05, 0) is 30.3 Å². The molecule has 0 aliphatic rings. The van der Waals surface area contributed by atoms with Crippen LogP contribution in [-0.4, -0.2) is 24.0 Å². The first kappa shape index (κ1) is 14.5. The number of rotatable bonds is 3. The van der Waals surface area contributed by atoms with E-state index in [0.29, 0.717) is 5.88 Å². The fourth-order valence-electron chi connectivity index (χ4n) is 3.00. The summed E-state index contributed by atoms with van der Waals surface area (Å²) in [5, 5.41) is 7.37. The lowest BCUT2D eigenvalue weighted by atomic mass is 10.1. The zero-order chi connectivity index (χ0) is 16.7. The van der Waals surface area contributed by atoms with Crippen LogP contribution in [0, 0.1) is 5.82 Å². The highest BCUT2D eigenvalue weighted by atomic mass is 19.1. The molecule has 0 N–H and O–H groups in total. The highest BCUT2D eigenvalue weighted by molar-refractivity contribution is 6.10. The zero-order valence-electron chi connectivity index (χ0n) is 13.3. The van der Waals surface area contributed by atoms with Gasteiger partial charge in [-0.3, -0.25) is 0 Å². The van der Waals surface area contributed by atoms with E-state index in [1.165, 1.54) is 12.1 Å². The summed E-state index contributed by atoms with van der Waals surface area (Å²) in [7, 11) is 3.23. The second-order valence-corrected chi connectivity index (χ2v) is 5.42. The molecule has 0 aliphatic carbocycles. The Morgan fingerprint density at radius 3 is 2.25 bits per heavy atom. The second-order valence-electron chi connectivity index (χ2n) is 5.42. The third kappa shape index (κ3) is 2.09. The Hall–Kier alpha value is -3.08. The molecule has 0 saturated heterocycles. The Kier molecular flexibility index (Phi) is 3.34. The molecule has 1 heterocycles. The average molecular weight is 322 g/mol. The van der Waals surface area contributed by atoms with E-state index in [9.17, 15) is 4.39 Å². The topological polar surface area (TPSA) is 36.3 Å². The largest absolute Gasteiger partial charge is 0.496 e. The molecule has 0 fully saturated rings. The number of ether oxygens (including phenoxy) is 2. The normalized spacial score (nSPS) is 11.1. The highest BCUT2D eigenvalue weighted by Crippen LogP contribution is 2.38. The number of aromatic nitrogens is 2. The lowest BCUT2D eigenvalue weighted by Crippen LogP contribution is -1.97. The van der Waals surface area contributed by atoms with Crippen molar-refractivity contribution in [3.05, 3.63) is 60.4 Å². The summed E-state index contributed by atoms with van der Waals surface area (Å²) in [5.41, 5.74) is 1.66. The van der Waals surface area contributed by atoms with Gasteiger partial charge in [-0.25, -0.2) is 9.07 Å². The van der Waals surface area contributed by atoms with Crippen LogP contribution >= 0.6 is 0 Å². The van der Waals surface area contributed by atoms with E-state index >= 15 is 0 Å². The Morgan fingerprint density at radius 2 is 1.58 bits per heavy atom. The molecule has 120 valence electrons. The van der Waals surface area contributed by atoms with Crippen LogP contribution in [0.25, 0.3) is 27.4 Å². The van der Waals surface area contributed by atoms with Crippen molar-refractivity contribution >= 4 is 21.7 Å². The van der Waals surface area contributed by atoms with Gasteiger partial charge in [0.25, 0.3) is 0 Å². The van der Waals surface area contributed by atoms with Crippen LogP contribution in [0.1, 0.15) is 0 Å². The Balaban J connectivity index is 2.15. The van der Waals surface area contributed by atoms with Gasteiger partial charge >= 0.3 is 0 Å². The van der Waals surface area contributed by atoms with Crippen LogP contribution in [-0.2, 0) is 0 Å². The van der Waals surface area contributed by atoms with E-state index in [-0.39, 0.29) is 5.82 Å². The van der Waals surface area contributed by atoms with Gasteiger partial charge in [0.15, 0.2) is 0 Å². The van der Waals surface area contributed by atoms with Crippen LogP contribution in [0.3, 0.4) is 0 Å². The average Bonchev–Trinajstić information content (AvgIpc) is 3.00. The molecule has 0 aliphatic heterocycles. The Morgan fingerprint density at radius 1 is 0.875 bits per heavy atom. The number of methoxy groups -OCH3 is 2. The van der Waals surface area contributed by atoms with E-state index in [2.05, 4.69) is 5.10 Å². The lowest BCUT2D eigenvalue weighted by molar-refractivity contribution is 0.397. The first-order valence-electron chi connectivity index (χ1n) is 7.51. The van der Waals surface area contributed by atoms with Crippen molar-refractivity contribution in [1.82, 2.24) is 9.78 Å². The van der Waals surface area contributed by atoms with Gasteiger partial charge in [-0.2, -0.15) is 0 Å². The quantitative estimate of drug-likeness (QED) is 0.563. The van der Waals surface area contributed by atoms with Crippen molar-refractivity contribution in [2.45, 2.75) is 0 Å². The summed E-state index contributed by atoms with van der Waals surface area (Å²) in [6.45, 7) is 0. The third-order valence-electron chi connectivity index (χ3n) is 4.10. The Labute approximate surface area is 138 Å². The minimum atomic E-state index is -0.284. The summed E-state index contributed by atoms with van der Waals surface area (Å²) >= 11 is 0. The molecule has 0 atom stereocenters. The third-order valence-corrected chi connectivity index (χ3v) is 4.10. The van der Waals surface area contributed by atoms with Crippen molar-refractivity contribution in [1.29, 1.82) is 0 Å². The number of hydrogen-bond acceptors (Lipinski definition) is 3. The first-order valence-corrected chi connectivity index (χ1v) is 7.51. The summed E-state index contributed by atoms with van der Waals surface area (Å²) in [5.74, 6) is 0.974. The van der Waals surface area contributed by atoms with Crippen molar-refractivity contribution < 1.29 is 13.9 Å². The van der Waals surface area contributed by atoms with Crippen LogP contribution in [0.4, 0.5) is 4.39 Å². The number of nitrogens with zero attached hydrogens (tertiary/aromatic N) is 2. The molecule has 5 heteroatoms. The Bertz CT molecular complexity index is 1040. The van der Waals surface area contributed by atoms with E-state index in [4.69, 9.17) is 9.47 Å². The van der Waals surface area contributed by atoms with Gasteiger partial charge in [0.05, 0.1) is 30.8 Å². The summed E-state index contributed by atoms with van der Waals surface area (Å²) in [6, 6.07) is 16.1. The zero-order valence-corrected chi connectivity index (χ0v) is 13.3. The monoisotopic (exact) mass is 322 g/mol. The van der Waals surface area contributed by atoms with Crippen LogP contribution < -0.4 is 9.47 Å². The number of fused-ring (bicyclic) bond motifs is 3. The maximum absolute atomic E-state index is 13.3. The molecule has 4 aromatic rings. The summed E-state index contributed by atoms with van der Waals surface area (Å²) < 4.78 is 26.0. The van der Waals surface area contributed by atoms with Crippen LogP contribution in [0.5, 0.6) is 11.6 Å². The molecule has 0 saturated carbocycles. The maximum atomic E-state index is 13.3. The molecule has 4 nitrogen and oxygen atoms in total. The van der Waals surface area contributed by atoms with Crippen molar-refractivity contribution in [3.8, 4) is 17.3 Å². The molecular weight excluding hydrogens is 307 g/mol. The van der Waals surface area contributed by atoms with Gasteiger partial charge in [-0.1, -0.05) is 24.3 Å². The van der Waals surface area contributed by atoms with Gasteiger partial charge in [-0.15, -0.1) is 5.10 Å². The molecule has 3 aromatic carbocycles. The van der Waals surface area contributed by atoms with Crippen LogP contribution in [0.2, 0.25) is 0 Å². The lowest BCUT2D eigenvalue weighted by Gasteiger charge is -2.09. The van der Waals surface area contributed by atoms with E-state index in [0.717, 1.165) is 33.1 Å². The molecular formula is C19H15FN2O2. The maximum Gasteiger partial charge on any atom is 0.241 e. The van der Waals surface area contributed by atoms with Gasteiger partial charge in [0.1, 0.15) is 11.6 Å². The molecule has 0 amide bonds. The molecule has 0 unspecified atom stereocenters. The van der Waals surface area contributed by atoms with Crippen molar-refractivity contribution in [2.75, 3.05) is 14.2 Å². The predicted molar refractivity (Wildman–Crippen MR) is 91.6 cm³/mol. The molecule has 24 heavy (non-hydrogen) atoms. The minimum absolute atomic E-state index is 0.284. The van der Waals surface area contributed by atoms with Gasteiger partial charge in [0, 0.05) is 10.8 Å². The fourth-order valence-corrected chi connectivity index (χ4v) is 3.00. The number of benzene rings is 3. The van der Waals surface area contributed by atoms with E-state index in [1.54, 1.807) is 31.0 Å². The molecule has 1 aromatic heterocycles. The minimum Gasteiger partial charge on any atom is -0.496 e. The van der Waals surface area contributed by atoms with Crippen molar-refractivity contribution in [2.24, 2.45) is 0 Å². The standard InChI is InChI=1S/C19H15FN2O2/c1-23-17-11-16-18(15-6-4-3-5-14(15)17)22(21-19(16)24-2)13-9-7-12(20)8-10-13/h3-11H,1-2H3. The fraction of sp³-hybridized carbons (Fsp3) is 0.105. The van der Waals surface area contributed by atoms with Gasteiger partial charge < -0.3 is 9.47 Å². The van der Waals surface area contributed by atoms with Gasteiger partial charge in [0.2, 0.25) is 5.88 Å². The van der Waals surface area contributed by atoms with Crippen molar-refractivity contribution in [3.63, 3.8) is 0 Å². The second kappa shape index (κ2) is 5.53. The van der Waals surface area contributed by atoms with Crippen LogP contribution in [0.15, 0.2) is 54.6 Å². The summed E-state index contributed by atoms with van der Waals surface area (Å²) in [6.07, 6.45) is 0. The SMILES string of the molecule is COc1cc2c(OC)nn(-c3ccc(F)cc3)c2c2ccccc12. The van der Waals surface area contributed by atoms with E-state index < -0.39 is 0 Å². The summed E-state index contributed by atoms with van der Waals surface area (Å²) in [4.78, 5) is 0. The molecule has 0 bridgehead atoms. The van der Waals surface area contributed by atoms with E-state index in [1.807, 2.05) is 30.3 Å². The first-order chi connectivity index (χ1) is 11.7. The molecule has 0 spiro atoms. The molecule has 0 radical (unpaired) electrons. The number of halogens is 1. The predicted octanol–water partition coefficient (Wildman–Crippen LogP) is 4.34. The molecule has 4 rings (SSSR count). The highest BCUT2D eigenvalue weighted by Gasteiger charge is 2.18. The smallest absolute Gasteiger partial charge is 0.241 e. The number of hydrogen-bond donors (Lipinski definition) is 0.